The van der Waals surface area contributed by atoms with Crippen LogP contribution in [0.25, 0.3) is 0 Å². The van der Waals surface area contributed by atoms with Gasteiger partial charge in [0.15, 0.2) is 0 Å². The zero-order valence-electron chi connectivity index (χ0n) is 12.1. The van der Waals surface area contributed by atoms with Gasteiger partial charge in [0.1, 0.15) is 5.82 Å². The van der Waals surface area contributed by atoms with Crippen LogP contribution in [0.5, 0.6) is 0 Å². The molecule has 0 atom stereocenters. The number of nitrogens with two attached hydrogens (primary N) is 1. The van der Waals surface area contributed by atoms with Crippen LogP contribution >= 0.6 is 0 Å². The summed E-state index contributed by atoms with van der Waals surface area (Å²) in [6.07, 6.45) is 4.35. The molecule has 1 amide bonds. The van der Waals surface area contributed by atoms with E-state index in [-0.39, 0.29) is 28.8 Å². The maximum Gasteiger partial charge on any atom is 0.238 e. The summed E-state index contributed by atoms with van der Waals surface area (Å²) in [5.41, 5.74) is 0.130. The number of carbonyl (C=O) groups is 1. The van der Waals surface area contributed by atoms with E-state index in [0.29, 0.717) is 11.8 Å². The van der Waals surface area contributed by atoms with Crippen molar-refractivity contribution in [1.82, 2.24) is 5.32 Å². The Labute approximate surface area is 129 Å². The number of primary sulfonamides is 1. The molecular formula is C15H19FN2O3S. The predicted octanol–water partition coefficient (Wildman–Crippen LogP) is 1.53. The highest BCUT2D eigenvalue weighted by Crippen LogP contribution is 2.49. The fourth-order valence-corrected chi connectivity index (χ4v) is 3.45. The van der Waals surface area contributed by atoms with Crippen LogP contribution in [0.3, 0.4) is 0 Å². The van der Waals surface area contributed by atoms with Crippen LogP contribution in [0.1, 0.15) is 31.2 Å². The molecule has 2 saturated carbocycles. The van der Waals surface area contributed by atoms with Gasteiger partial charge in [0.25, 0.3) is 0 Å². The molecular weight excluding hydrogens is 307 g/mol. The Morgan fingerprint density at radius 3 is 2.36 bits per heavy atom. The Balaban J connectivity index is 1.69. The van der Waals surface area contributed by atoms with Crippen LogP contribution in [0, 0.1) is 23.6 Å². The van der Waals surface area contributed by atoms with Gasteiger partial charge in [-0.15, -0.1) is 0 Å². The first kappa shape index (κ1) is 15.4. The predicted molar refractivity (Wildman–Crippen MR) is 78.6 cm³/mol. The van der Waals surface area contributed by atoms with Crippen LogP contribution in [0.4, 0.5) is 4.39 Å². The number of amides is 1. The van der Waals surface area contributed by atoms with Crippen molar-refractivity contribution >= 4 is 15.9 Å². The Hall–Kier alpha value is -1.47. The highest BCUT2D eigenvalue weighted by Gasteiger charge is 2.45. The zero-order valence-corrected chi connectivity index (χ0v) is 12.9. The second-order valence-corrected chi connectivity index (χ2v) is 7.78. The topological polar surface area (TPSA) is 89.3 Å². The zero-order chi connectivity index (χ0) is 15.9. The lowest BCUT2D eigenvalue weighted by Gasteiger charge is -2.15. The van der Waals surface area contributed by atoms with E-state index < -0.39 is 15.8 Å². The molecule has 0 unspecified atom stereocenters. The number of hydrogen-bond donors (Lipinski definition) is 2. The number of carbonyl (C=O) groups excluding carboxylic acids is 1. The number of nitrogens with one attached hydrogen (secondary N) is 1. The maximum absolute atomic E-state index is 13.8. The van der Waals surface area contributed by atoms with Gasteiger partial charge in [-0.05, 0) is 55.7 Å². The highest BCUT2D eigenvalue weighted by molar-refractivity contribution is 7.89. The first-order chi connectivity index (χ1) is 10.4. The number of rotatable bonds is 6. The summed E-state index contributed by atoms with van der Waals surface area (Å²) in [7, 11) is -3.88. The molecule has 0 radical (unpaired) electrons. The van der Waals surface area contributed by atoms with Gasteiger partial charge < -0.3 is 5.32 Å². The second kappa shape index (κ2) is 5.62. The van der Waals surface area contributed by atoms with Gasteiger partial charge in [-0.25, -0.2) is 17.9 Å². The monoisotopic (exact) mass is 326 g/mol. The van der Waals surface area contributed by atoms with E-state index in [1.54, 1.807) is 0 Å². The summed E-state index contributed by atoms with van der Waals surface area (Å²) in [6.45, 7) is -0.0238. The fourth-order valence-electron chi connectivity index (χ4n) is 2.89. The lowest BCUT2D eigenvalue weighted by molar-refractivity contribution is -0.126. The molecule has 1 aromatic carbocycles. The molecule has 22 heavy (non-hydrogen) atoms. The molecule has 0 heterocycles. The molecule has 0 bridgehead atoms. The Morgan fingerprint density at radius 2 is 1.86 bits per heavy atom. The fraction of sp³-hybridized carbons (Fsp3) is 0.533. The lowest BCUT2D eigenvalue weighted by atomic mass is 9.97. The average molecular weight is 326 g/mol. The van der Waals surface area contributed by atoms with Crippen LogP contribution in [0.15, 0.2) is 23.1 Å². The van der Waals surface area contributed by atoms with Crippen LogP contribution in [-0.4, -0.2) is 14.3 Å². The van der Waals surface area contributed by atoms with Crippen LogP contribution in [-0.2, 0) is 21.4 Å². The van der Waals surface area contributed by atoms with E-state index >= 15 is 0 Å². The van der Waals surface area contributed by atoms with E-state index in [2.05, 4.69) is 5.32 Å². The van der Waals surface area contributed by atoms with E-state index in [1.807, 2.05) is 0 Å². The molecule has 0 saturated heterocycles. The molecule has 2 fully saturated rings. The third-order valence-electron chi connectivity index (χ3n) is 4.36. The molecule has 7 heteroatoms. The molecule has 0 spiro atoms. The van der Waals surface area contributed by atoms with Crippen molar-refractivity contribution in [3.05, 3.63) is 29.6 Å². The van der Waals surface area contributed by atoms with Gasteiger partial charge in [-0.1, -0.05) is 0 Å². The third-order valence-corrected chi connectivity index (χ3v) is 5.27. The minimum absolute atomic E-state index is 0.0238. The minimum atomic E-state index is -3.88. The second-order valence-electron chi connectivity index (χ2n) is 6.22. The molecule has 5 nitrogen and oxygen atoms in total. The van der Waals surface area contributed by atoms with Gasteiger partial charge in [0, 0.05) is 18.0 Å². The average Bonchev–Trinajstić information content (AvgIpc) is 3.31. The Morgan fingerprint density at radius 1 is 1.27 bits per heavy atom. The molecule has 1 aromatic rings. The van der Waals surface area contributed by atoms with Crippen molar-refractivity contribution in [3.8, 4) is 0 Å². The summed E-state index contributed by atoms with van der Waals surface area (Å²) in [5.74, 6) is 0.359. The number of benzene rings is 1. The number of hydrogen-bond acceptors (Lipinski definition) is 3. The minimum Gasteiger partial charge on any atom is -0.352 e. The van der Waals surface area contributed by atoms with Gasteiger partial charge in [-0.2, -0.15) is 0 Å². The standard InChI is InChI=1S/C15H19FN2O3S/c16-13-6-5-12(22(17,20)21)7-11(13)8-18-15(19)14(9-1-2-9)10-3-4-10/h5-7,9-10,14H,1-4,8H2,(H,18,19)(H2,17,20,21). The van der Waals surface area contributed by atoms with Crippen molar-refractivity contribution in [2.45, 2.75) is 37.1 Å². The largest absolute Gasteiger partial charge is 0.352 e. The highest BCUT2D eigenvalue weighted by atomic mass is 32.2. The number of halogens is 1. The first-order valence-electron chi connectivity index (χ1n) is 7.45. The Bertz CT molecular complexity index is 685. The maximum atomic E-state index is 13.8. The summed E-state index contributed by atoms with van der Waals surface area (Å²) in [4.78, 5) is 12.1. The van der Waals surface area contributed by atoms with Crippen molar-refractivity contribution in [2.24, 2.45) is 22.9 Å². The van der Waals surface area contributed by atoms with Gasteiger partial charge in [-0.3, -0.25) is 4.79 Å². The van der Waals surface area contributed by atoms with E-state index in [0.717, 1.165) is 37.8 Å². The summed E-state index contributed by atoms with van der Waals surface area (Å²) >= 11 is 0. The molecule has 2 aliphatic rings. The van der Waals surface area contributed by atoms with Crippen LogP contribution in [0.2, 0.25) is 0 Å². The summed E-state index contributed by atoms with van der Waals surface area (Å²) < 4.78 is 36.4. The van der Waals surface area contributed by atoms with Crippen molar-refractivity contribution < 1.29 is 17.6 Å². The van der Waals surface area contributed by atoms with E-state index in [4.69, 9.17) is 5.14 Å². The van der Waals surface area contributed by atoms with Gasteiger partial charge >= 0.3 is 0 Å². The quantitative estimate of drug-likeness (QED) is 0.830. The van der Waals surface area contributed by atoms with Crippen molar-refractivity contribution in [3.63, 3.8) is 0 Å². The Kier molecular flexibility index (Phi) is 3.94. The van der Waals surface area contributed by atoms with Crippen LogP contribution < -0.4 is 10.5 Å². The smallest absolute Gasteiger partial charge is 0.238 e. The molecule has 3 rings (SSSR count). The SMILES string of the molecule is NS(=O)(=O)c1ccc(F)c(CNC(=O)C(C2CC2)C2CC2)c1. The third kappa shape index (κ3) is 3.47. The first-order valence-corrected chi connectivity index (χ1v) is 9.00. The molecule has 0 aliphatic heterocycles. The molecule has 2 aliphatic carbocycles. The molecule has 3 N–H and O–H groups in total. The molecule has 120 valence electrons. The number of sulfonamides is 1. The molecule has 0 aromatic heterocycles. The normalized spacial score (nSPS) is 18.5. The van der Waals surface area contributed by atoms with Crippen molar-refractivity contribution in [1.29, 1.82) is 0 Å². The van der Waals surface area contributed by atoms with Crippen molar-refractivity contribution in [2.75, 3.05) is 0 Å². The van der Waals surface area contributed by atoms with Gasteiger partial charge in [0.05, 0.1) is 4.90 Å². The van der Waals surface area contributed by atoms with E-state index in [1.165, 1.54) is 6.07 Å². The van der Waals surface area contributed by atoms with Gasteiger partial charge in [0.2, 0.25) is 15.9 Å². The summed E-state index contributed by atoms with van der Waals surface area (Å²) in [5, 5.41) is 7.78. The van der Waals surface area contributed by atoms with E-state index in [9.17, 15) is 17.6 Å². The summed E-state index contributed by atoms with van der Waals surface area (Å²) in [6, 6.07) is 3.35. The lowest BCUT2D eigenvalue weighted by Crippen LogP contribution is -2.33.